The average molecular weight is 558 g/mol. The zero-order chi connectivity index (χ0) is 28.5. The van der Waals surface area contributed by atoms with E-state index in [1.807, 2.05) is 24.3 Å². The summed E-state index contributed by atoms with van der Waals surface area (Å²) in [6.07, 6.45) is 2.43. The van der Waals surface area contributed by atoms with Gasteiger partial charge < -0.3 is 9.47 Å². The van der Waals surface area contributed by atoms with Crippen molar-refractivity contribution in [1.29, 1.82) is 0 Å². The second-order valence-corrected chi connectivity index (χ2v) is 10.6. The first-order valence-corrected chi connectivity index (χ1v) is 14.1. The minimum Gasteiger partial charge on any atom is -0.457 e. The summed E-state index contributed by atoms with van der Waals surface area (Å²) < 4.78 is 37.3. The highest BCUT2D eigenvalue weighted by Crippen LogP contribution is 2.27. The van der Waals surface area contributed by atoms with Crippen molar-refractivity contribution < 1.29 is 27.5 Å². The lowest BCUT2D eigenvalue weighted by Crippen LogP contribution is -2.46. The number of hydrazone groups is 1. The first-order valence-electron chi connectivity index (χ1n) is 12.2. The van der Waals surface area contributed by atoms with E-state index in [1.54, 1.807) is 84.9 Å². The number of carbonyl (C=O) groups excluding carboxylic acids is 2. The second kappa shape index (κ2) is 12.7. The van der Waals surface area contributed by atoms with Crippen molar-refractivity contribution in [3.05, 3.63) is 120 Å². The molecule has 10 heteroatoms. The van der Waals surface area contributed by atoms with Crippen LogP contribution in [0.1, 0.15) is 22.8 Å². The molecule has 0 spiro atoms. The maximum absolute atomic E-state index is 12.8. The van der Waals surface area contributed by atoms with Gasteiger partial charge in [-0.2, -0.15) is 5.10 Å². The number of benzene rings is 4. The molecule has 0 saturated carbocycles. The highest BCUT2D eigenvalue weighted by molar-refractivity contribution is 7.92. The molecule has 0 radical (unpaired) electrons. The third kappa shape index (κ3) is 7.55. The smallest absolute Gasteiger partial charge is 0.343 e. The van der Waals surface area contributed by atoms with Crippen molar-refractivity contribution in [3.63, 3.8) is 0 Å². The van der Waals surface area contributed by atoms with Crippen molar-refractivity contribution in [2.24, 2.45) is 5.10 Å². The molecule has 40 heavy (non-hydrogen) atoms. The van der Waals surface area contributed by atoms with E-state index < -0.39 is 27.9 Å². The largest absolute Gasteiger partial charge is 0.457 e. The summed E-state index contributed by atoms with van der Waals surface area (Å²) >= 11 is 0. The van der Waals surface area contributed by atoms with E-state index in [0.717, 1.165) is 10.6 Å². The second-order valence-electron chi connectivity index (χ2n) is 8.70. The Bertz CT molecular complexity index is 1570. The van der Waals surface area contributed by atoms with Crippen LogP contribution in [0, 0.1) is 0 Å². The average Bonchev–Trinajstić information content (AvgIpc) is 2.95. The molecule has 0 unspecified atom stereocenters. The fourth-order valence-corrected chi connectivity index (χ4v) is 4.90. The lowest BCUT2D eigenvalue weighted by Gasteiger charge is -2.27. The van der Waals surface area contributed by atoms with Crippen LogP contribution >= 0.6 is 0 Å². The van der Waals surface area contributed by atoms with E-state index in [-0.39, 0.29) is 0 Å². The van der Waals surface area contributed by atoms with Crippen LogP contribution in [0.4, 0.5) is 5.69 Å². The third-order valence-corrected chi connectivity index (χ3v) is 6.89. The van der Waals surface area contributed by atoms with Crippen LogP contribution in [0.2, 0.25) is 0 Å². The van der Waals surface area contributed by atoms with Gasteiger partial charge in [0.1, 0.15) is 23.3 Å². The molecule has 4 aromatic carbocycles. The molecule has 0 saturated heterocycles. The summed E-state index contributed by atoms with van der Waals surface area (Å²) in [5.41, 5.74) is 3.74. The quantitative estimate of drug-likeness (QED) is 0.127. The van der Waals surface area contributed by atoms with E-state index in [9.17, 15) is 18.0 Å². The Morgan fingerprint density at radius 2 is 1.35 bits per heavy atom. The number of nitrogens with one attached hydrogen (secondary N) is 1. The number of para-hydroxylation sites is 1. The molecule has 204 valence electrons. The number of ether oxygens (including phenoxy) is 2. The van der Waals surface area contributed by atoms with Crippen molar-refractivity contribution >= 4 is 33.8 Å². The Hall–Kier alpha value is -4.96. The summed E-state index contributed by atoms with van der Waals surface area (Å²) in [6, 6.07) is 29.6. The molecule has 1 amide bonds. The maximum Gasteiger partial charge on any atom is 0.343 e. The fraction of sp³-hybridized carbons (Fsp3) is 0.100. The summed E-state index contributed by atoms with van der Waals surface area (Å²) in [5, 5.41) is 3.95. The minimum absolute atomic E-state index is 0.301. The zero-order valence-corrected chi connectivity index (χ0v) is 22.6. The van der Waals surface area contributed by atoms with Crippen LogP contribution in [0.15, 0.2) is 114 Å². The molecule has 9 nitrogen and oxygen atoms in total. The van der Waals surface area contributed by atoms with Crippen LogP contribution in [0.3, 0.4) is 0 Å². The lowest BCUT2D eigenvalue weighted by atomic mass is 10.2. The minimum atomic E-state index is -3.81. The first kappa shape index (κ1) is 28.1. The van der Waals surface area contributed by atoms with Gasteiger partial charge in [-0.1, -0.05) is 36.4 Å². The topological polar surface area (TPSA) is 114 Å². The van der Waals surface area contributed by atoms with Gasteiger partial charge in [-0.3, -0.25) is 9.10 Å². The Morgan fingerprint density at radius 3 is 1.95 bits per heavy atom. The van der Waals surface area contributed by atoms with Crippen molar-refractivity contribution in [2.45, 2.75) is 13.0 Å². The molecule has 0 fully saturated rings. The maximum atomic E-state index is 12.8. The number of sulfonamides is 1. The Morgan fingerprint density at radius 1 is 0.800 bits per heavy atom. The Balaban J connectivity index is 1.37. The number of carbonyl (C=O) groups is 2. The number of hydrogen-bond donors (Lipinski definition) is 1. The number of amides is 1. The summed E-state index contributed by atoms with van der Waals surface area (Å²) in [4.78, 5) is 25.0. The predicted octanol–water partition coefficient (Wildman–Crippen LogP) is 5.00. The van der Waals surface area contributed by atoms with Gasteiger partial charge >= 0.3 is 5.97 Å². The van der Waals surface area contributed by atoms with Crippen LogP contribution < -0.4 is 19.2 Å². The van der Waals surface area contributed by atoms with E-state index in [0.29, 0.717) is 34.1 Å². The van der Waals surface area contributed by atoms with Crippen LogP contribution in [-0.4, -0.2) is 38.8 Å². The summed E-state index contributed by atoms with van der Waals surface area (Å²) in [5.74, 6) is 0.416. The molecule has 1 atom stereocenters. The number of hydrogen-bond acceptors (Lipinski definition) is 7. The number of nitrogens with zero attached hydrogens (tertiary/aromatic N) is 2. The first-order chi connectivity index (χ1) is 19.2. The summed E-state index contributed by atoms with van der Waals surface area (Å²) in [6.45, 7) is 1.47. The molecule has 4 rings (SSSR count). The third-order valence-electron chi connectivity index (χ3n) is 5.65. The monoisotopic (exact) mass is 557 g/mol. The molecule has 0 bridgehead atoms. The SMILES string of the molecule is C[C@H](C(=O)N/N=C\c1ccc(OC(=O)c2ccccc2)cc1)N(c1ccc(Oc2ccccc2)cc1)S(C)(=O)=O. The zero-order valence-electron chi connectivity index (χ0n) is 21.8. The van der Waals surface area contributed by atoms with Gasteiger partial charge in [0.2, 0.25) is 10.0 Å². The van der Waals surface area contributed by atoms with Crippen LogP contribution in [-0.2, 0) is 14.8 Å². The summed E-state index contributed by atoms with van der Waals surface area (Å²) in [7, 11) is -3.81. The standard InChI is InChI=1S/C30H27N3O6S/c1-22(33(40(2,36)37)25-15-19-27(20-16-25)38-26-11-7-4-8-12-26)29(34)32-31-21-23-13-17-28(18-14-23)39-30(35)24-9-5-3-6-10-24/h3-22H,1-2H3,(H,32,34)/b31-21-/t22-/m1/s1. The van der Waals surface area contributed by atoms with Gasteiger partial charge in [0, 0.05) is 0 Å². The van der Waals surface area contributed by atoms with Gasteiger partial charge in [-0.25, -0.2) is 18.6 Å². The van der Waals surface area contributed by atoms with Gasteiger partial charge in [0.15, 0.2) is 0 Å². The normalized spacial score (nSPS) is 11.9. The lowest BCUT2D eigenvalue weighted by molar-refractivity contribution is -0.121. The molecule has 0 heterocycles. The molecule has 0 aliphatic rings. The fourth-order valence-electron chi connectivity index (χ4n) is 3.72. The molecule has 1 N–H and O–H groups in total. The highest BCUT2D eigenvalue weighted by atomic mass is 32.2. The molecule has 4 aromatic rings. The van der Waals surface area contributed by atoms with Gasteiger partial charge in [0.05, 0.1) is 23.7 Å². The Labute approximate surface area is 232 Å². The molecule has 0 aliphatic carbocycles. The van der Waals surface area contributed by atoms with Gasteiger partial charge in [-0.15, -0.1) is 0 Å². The van der Waals surface area contributed by atoms with Gasteiger partial charge in [-0.05, 0) is 85.3 Å². The van der Waals surface area contributed by atoms with Crippen LogP contribution in [0.25, 0.3) is 0 Å². The van der Waals surface area contributed by atoms with E-state index in [4.69, 9.17) is 9.47 Å². The van der Waals surface area contributed by atoms with E-state index in [2.05, 4.69) is 10.5 Å². The van der Waals surface area contributed by atoms with Gasteiger partial charge in [0.25, 0.3) is 5.91 Å². The van der Waals surface area contributed by atoms with E-state index >= 15 is 0 Å². The predicted molar refractivity (Wildman–Crippen MR) is 153 cm³/mol. The number of rotatable bonds is 10. The van der Waals surface area contributed by atoms with Crippen LogP contribution in [0.5, 0.6) is 17.2 Å². The molecular weight excluding hydrogens is 530 g/mol. The Kier molecular flexibility index (Phi) is 8.93. The van der Waals surface area contributed by atoms with E-state index in [1.165, 1.54) is 13.1 Å². The number of esters is 1. The molecule has 0 aromatic heterocycles. The molecule has 0 aliphatic heterocycles. The molecular formula is C30H27N3O6S. The number of anilines is 1. The van der Waals surface area contributed by atoms with Crippen molar-refractivity contribution in [2.75, 3.05) is 10.6 Å². The highest BCUT2D eigenvalue weighted by Gasteiger charge is 2.29. The van der Waals surface area contributed by atoms with Crippen molar-refractivity contribution in [3.8, 4) is 17.2 Å². The van der Waals surface area contributed by atoms with Crippen molar-refractivity contribution in [1.82, 2.24) is 5.43 Å².